The first-order chi connectivity index (χ1) is 9.54. The van der Waals surface area contributed by atoms with Crippen LogP contribution in [0.15, 0.2) is 6.07 Å². The monoisotopic (exact) mass is 281 g/mol. The highest BCUT2D eigenvalue weighted by Gasteiger charge is 2.31. The summed E-state index contributed by atoms with van der Waals surface area (Å²) in [5.74, 6) is 1.98. The van der Waals surface area contributed by atoms with E-state index in [4.69, 9.17) is 9.47 Å². The largest absolute Gasteiger partial charge is 0.481 e. The van der Waals surface area contributed by atoms with Gasteiger partial charge in [0.15, 0.2) is 0 Å². The molecule has 0 unspecified atom stereocenters. The van der Waals surface area contributed by atoms with Gasteiger partial charge in [0.05, 0.1) is 25.9 Å². The number of ether oxygens (including phenoxy) is 2. The van der Waals surface area contributed by atoms with Gasteiger partial charge in [-0.15, -0.1) is 0 Å². The first kappa shape index (κ1) is 14.8. The summed E-state index contributed by atoms with van der Waals surface area (Å²) in [6, 6.07) is 1.61. The minimum Gasteiger partial charge on any atom is -0.481 e. The smallest absolute Gasteiger partial charge is 0.229 e. The number of anilines is 1. The third-order valence-corrected chi connectivity index (χ3v) is 3.88. The van der Waals surface area contributed by atoms with Gasteiger partial charge in [-0.1, -0.05) is 6.92 Å². The standard InChI is InChI=1S/C14H23N3O3/c1-10-4-6-14(18,7-5-10)9-15-13-16-11(19-2)8-12(17-13)20-3/h8,10,18H,4-7,9H2,1-3H3,(H,15,16,17). The fourth-order valence-electron chi connectivity index (χ4n) is 2.41. The van der Waals surface area contributed by atoms with E-state index in [9.17, 15) is 5.11 Å². The fourth-order valence-corrected chi connectivity index (χ4v) is 2.41. The Labute approximate surface area is 119 Å². The topological polar surface area (TPSA) is 76.5 Å². The third-order valence-electron chi connectivity index (χ3n) is 3.88. The summed E-state index contributed by atoms with van der Waals surface area (Å²) in [5.41, 5.74) is -0.674. The van der Waals surface area contributed by atoms with E-state index in [1.54, 1.807) is 20.3 Å². The van der Waals surface area contributed by atoms with Crippen LogP contribution in [0.3, 0.4) is 0 Å². The number of methoxy groups -OCH3 is 2. The molecule has 112 valence electrons. The van der Waals surface area contributed by atoms with Gasteiger partial charge >= 0.3 is 0 Å². The molecule has 0 bridgehead atoms. The van der Waals surface area contributed by atoms with E-state index in [-0.39, 0.29) is 0 Å². The molecule has 1 fully saturated rings. The molecule has 0 spiro atoms. The molecule has 0 saturated heterocycles. The first-order valence-corrected chi connectivity index (χ1v) is 6.98. The number of aliphatic hydroxyl groups is 1. The average molecular weight is 281 g/mol. The maximum Gasteiger partial charge on any atom is 0.229 e. The molecular formula is C14H23N3O3. The Balaban J connectivity index is 1.99. The zero-order valence-corrected chi connectivity index (χ0v) is 12.3. The van der Waals surface area contributed by atoms with Gasteiger partial charge < -0.3 is 19.9 Å². The Kier molecular flexibility index (Phi) is 4.65. The van der Waals surface area contributed by atoms with Gasteiger partial charge in [0.1, 0.15) is 0 Å². The predicted molar refractivity (Wildman–Crippen MR) is 76.2 cm³/mol. The molecule has 1 heterocycles. The van der Waals surface area contributed by atoms with Crippen molar-refractivity contribution < 1.29 is 14.6 Å². The predicted octanol–water partition coefficient (Wildman–Crippen LogP) is 1.85. The minimum absolute atomic E-state index is 0.410. The molecule has 0 aromatic carbocycles. The van der Waals surface area contributed by atoms with Crippen molar-refractivity contribution in [3.8, 4) is 11.8 Å². The van der Waals surface area contributed by atoms with Crippen molar-refractivity contribution in [2.75, 3.05) is 26.1 Å². The zero-order chi connectivity index (χ0) is 14.6. The van der Waals surface area contributed by atoms with Crippen molar-refractivity contribution in [1.82, 2.24) is 9.97 Å². The molecule has 0 radical (unpaired) electrons. The number of nitrogens with one attached hydrogen (secondary N) is 1. The summed E-state index contributed by atoms with van der Waals surface area (Å²) in [6.45, 7) is 2.67. The van der Waals surface area contributed by atoms with Crippen molar-refractivity contribution in [3.05, 3.63) is 6.07 Å². The van der Waals surface area contributed by atoms with Gasteiger partial charge in [0.2, 0.25) is 17.7 Å². The van der Waals surface area contributed by atoms with Crippen LogP contribution in [0.2, 0.25) is 0 Å². The molecule has 0 atom stereocenters. The Morgan fingerprint density at radius 1 is 1.25 bits per heavy atom. The molecule has 1 aliphatic rings. The second-order valence-corrected chi connectivity index (χ2v) is 5.54. The lowest BCUT2D eigenvalue weighted by Crippen LogP contribution is -2.40. The summed E-state index contributed by atoms with van der Waals surface area (Å²) in [7, 11) is 3.09. The second kappa shape index (κ2) is 6.26. The Bertz CT molecular complexity index is 423. The van der Waals surface area contributed by atoms with Crippen LogP contribution >= 0.6 is 0 Å². The van der Waals surface area contributed by atoms with E-state index < -0.39 is 5.60 Å². The van der Waals surface area contributed by atoms with Gasteiger partial charge in [-0.2, -0.15) is 9.97 Å². The quantitative estimate of drug-likeness (QED) is 0.857. The Morgan fingerprint density at radius 3 is 2.30 bits per heavy atom. The molecule has 6 nitrogen and oxygen atoms in total. The molecule has 0 aliphatic heterocycles. The van der Waals surface area contributed by atoms with Crippen molar-refractivity contribution in [2.45, 2.75) is 38.2 Å². The van der Waals surface area contributed by atoms with Crippen LogP contribution in [0.25, 0.3) is 0 Å². The highest BCUT2D eigenvalue weighted by Crippen LogP contribution is 2.32. The lowest BCUT2D eigenvalue weighted by Gasteiger charge is -2.34. The van der Waals surface area contributed by atoms with Crippen LogP contribution in [-0.2, 0) is 0 Å². The summed E-state index contributed by atoms with van der Waals surface area (Å²) >= 11 is 0. The molecule has 1 saturated carbocycles. The molecule has 6 heteroatoms. The molecule has 1 aromatic rings. The normalized spacial score (nSPS) is 26.1. The number of aromatic nitrogens is 2. The van der Waals surface area contributed by atoms with Crippen LogP contribution in [0.5, 0.6) is 11.8 Å². The lowest BCUT2D eigenvalue weighted by atomic mass is 9.79. The molecule has 0 amide bonds. The molecule has 1 aromatic heterocycles. The van der Waals surface area contributed by atoms with Crippen molar-refractivity contribution in [3.63, 3.8) is 0 Å². The van der Waals surface area contributed by atoms with Gasteiger partial charge in [0, 0.05) is 6.54 Å². The van der Waals surface area contributed by atoms with Gasteiger partial charge in [-0.3, -0.25) is 0 Å². The summed E-state index contributed by atoms with van der Waals surface area (Å²) in [5, 5.41) is 13.6. The molecule has 1 aliphatic carbocycles. The van der Waals surface area contributed by atoms with Crippen LogP contribution in [0, 0.1) is 5.92 Å². The second-order valence-electron chi connectivity index (χ2n) is 5.54. The SMILES string of the molecule is COc1cc(OC)nc(NCC2(O)CCC(C)CC2)n1. The van der Waals surface area contributed by atoms with Gasteiger partial charge in [0.25, 0.3) is 0 Å². The summed E-state index contributed by atoms with van der Waals surface area (Å²) in [4.78, 5) is 8.39. The first-order valence-electron chi connectivity index (χ1n) is 6.98. The van der Waals surface area contributed by atoms with E-state index in [1.807, 2.05) is 0 Å². The fraction of sp³-hybridized carbons (Fsp3) is 0.714. The maximum absolute atomic E-state index is 10.5. The molecule has 2 N–H and O–H groups in total. The van der Waals surface area contributed by atoms with Crippen LogP contribution in [0.1, 0.15) is 32.6 Å². The Hall–Kier alpha value is -1.56. The zero-order valence-electron chi connectivity index (χ0n) is 12.3. The molecule has 2 rings (SSSR count). The summed E-state index contributed by atoms with van der Waals surface area (Å²) in [6.07, 6.45) is 3.73. The number of hydrogen-bond acceptors (Lipinski definition) is 6. The van der Waals surface area contributed by atoms with Crippen molar-refractivity contribution in [2.24, 2.45) is 5.92 Å². The van der Waals surface area contributed by atoms with Gasteiger partial charge in [-0.05, 0) is 31.6 Å². The van der Waals surface area contributed by atoms with E-state index >= 15 is 0 Å². The molecular weight excluding hydrogens is 258 g/mol. The summed E-state index contributed by atoms with van der Waals surface area (Å²) < 4.78 is 10.2. The number of rotatable bonds is 5. The number of nitrogens with zero attached hydrogens (tertiary/aromatic N) is 2. The van der Waals surface area contributed by atoms with E-state index in [1.165, 1.54) is 0 Å². The lowest BCUT2D eigenvalue weighted by molar-refractivity contribution is 0.00485. The van der Waals surface area contributed by atoms with Crippen molar-refractivity contribution >= 4 is 5.95 Å². The minimum atomic E-state index is -0.674. The maximum atomic E-state index is 10.5. The van der Waals surface area contributed by atoms with E-state index in [2.05, 4.69) is 22.2 Å². The van der Waals surface area contributed by atoms with E-state index in [0.717, 1.165) is 25.7 Å². The van der Waals surface area contributed by atoms with Crippen LogP contribution in [0.4, 0.5) is 5.95 Å². The highest BCUT2D eigenvalue weighted by molar-refractivity contribution is 5.34. The van der Waals surface area contributed by atoms with E-state index in [0.29, 0.717) is 30.2 Å². The molecule has 20 heavy (non-hydrogen) atoms. The van der Waals surface area contributed by atoms with Crippen LogP contribution < -0.4 is 14.8 Å². The van der Waals surface area contributed by atoms with Gasteiger partial charge in [-0.25, -0.2) is 0 Å². The Morgan fingerprint density at radius 2 is 1.80 bits per heavy atom. The van der Waals surface area contributed by atoms with Crippen LogP contribution in [-0.4, -0.2) is 41.4 Å². The van der Waals surface area contributed by atoms with Crippen molar-refractivity contribution in [1.29, 1.82) is 0 Å². The highest BCUT2D eigenvalue weighted by atomic mass is 16.5. The number of hydrogen-bond donors (Lipinski definition) is 2. The average Bonchev–Trinajstić information content (AvgIpc) is 2.48. The third kappa shape index (κ3) is 3.72.